The number of halogens is 1. The van der Waals surface area contributed by atoms with E-state index in [2.05, 4.69) is 0 Å². The maximum atomic E-state index is 11.0. The fourth-order valence-corrected chi connectivity index (χ4v) is 1.96. The van der Waals surface area contributed by atoms with Crippen LogP contribution in [0.3, 0.4) is 0 Å². The summed E-state index contributed by atoms with van der Waals surface area (Å²) in [5.41, 5.74) is -0.673. The zero-order valence-corrected chi connectivity index (χ0v) is 11.8. The van der Waals surface area contributed by atoms with Gasteiger partial charge in [0.2, 0.25) is 0 Å². The molecule has 0 saturated heterocycles. The lowest BCUT2D eigenvalue weighted by Gasteiger charge is -2.09. The van der Waals surface area contributed by atoms with Gasteiger partial charge in [0.15, 0.2) is 6.29 Å². The van der Waals surface area contributed by atoms with Gasteiger partial charge in [-0.1, -0.05) is 11.6 Å². The van der Waals surface area contributed by atoms with Gasteiger partial charge in [0, 0.05) is 6.42 Å². The molecule has 8 heteroatoms. The standard InChI is InChI=1S/C13H14ClNO6/c14-10-5-6-11(9(8-16)13(10)15(19)20)21-7-3-1-2-4-12(17)18/h5-6,8H,1-4,7H2,(H,17,18). The Hall–Kier alpha value is -2.15. The first-order valence-corrected chi connectivity index (χ1v) is 6.61. The predicted octanol–water partition coefficient (Wildman–Crippen LogP) is 3.08. The summed E-state index contributed by atoms with van der Waals surface area (Å²) >= 11 is 5.70. The van der Waals surface area contributed by atoms with Gasteiger partial charge in [0.1, 0.15) is 16.3 Å². The van der Waals surface area contributed by atoms with Crippen LogP contribution >= 0.6 is 11.6 Å². The Balaban J connectivity index is 2.63. The number of carbonyl (C=O) groups excluding carboxylic acids is 1. The van der Waals surface area contributed by atoms with E-state index in [4.69, 9.17) is 21.4 Å². The third-order valence-electron chi connectivity index (χ3n) is 2.72. The minimum absolute atomic E-state index is 0.0893. The average molecular weight is 316 g/mol. The normalized spacial score (nSPS) is 10.1. The van der Waals surface area contributed by atoms with Crippen LogP contribution in [0.15, 0.2) is 12.1 Å². The maximum absolute atomic E-state index is 11.0. The summed E-state index contributed by atoms with van der Waals surface area (Å²) in [6.07, 6.45) is 2.19. The highest BCUT2D eigenvalue weighted by atomic mass is 35.5. The van der Waals surface area contributed by atoms with E-state index in [1.165, 1.54) is 12.1 Å². The number of benzene rings is 1. The van der Waals surface area contributed by atoms with Gasteiger partial charge in [-0.2, -0.15) is 0 Å². The zero-order valence-electron chi connectivity index (χ0n) is 11.1. The van der Waals surface area contributed by atoms with E-state index >= 15 is 0 Å². The minimum atomic E-state index is -0.854. The predicted molar refractivity (Wildman–Crippen MR) is 75.1 cm³/mol. The van der Waals surface area contributed by atoms with Gasteiger partial charge in [-0.05, 0) is 31.4 Å². The largest absolute Gasteiger partial charge is 0.493 e. The van der Waals surface area contributed by atoms with Gasteiger partial charge in [0.25, 0.3) is 0 Å². The van der Waals surface area contributed by atoms with Crippen LogP contribution in [-0.4, -0.2) is 28.9 Å². The second kappa shape index (κ2) is 8.21. The molecule has 1 rings (SSSR count). The van der Waals surface area contributed by atoms with Crippen molar-refractivity contribution in [1.82, 2.24) is 0 Å². The molecule has 0 bridgehead atoms. The number of hydrogen-bond acceptors (Lipinski definition) is 5. The Bertz CT molecular complexity index is 546. The molecule has 0 unspecified atom stereocenters. The highest BCUT2D eigenvalue weighted by molar-refractivity contribution is 6.33. The molecular formula is C13H14ClNO6. The van der Waals surface area contributed by atoms with Crippen molar-refractivity contribution >= 4 is 29.5 Å². The minimum Gasteiger partial charge on any atom is -0.493 e. The number of unbranched alkanes of at least 4 members (excludes halogenated alkanes) is 2. The molecule has 0 fully saturated rings. The third kappa shape index (κ3) is 5.03. The van der Waals surface area contributed by atoms with Crippen molar-refractivity contribution in [3.63, 3.8) is 0 Å². The number of nitro benzene ring substituents is 1. The molecule has 0 aromatic heterocycles. The van der Waals surface area contributed by atoms with Crippen LogP contribution in [0.2, 0.25) is 5.02 Å². The summed E-state index contributed by atoms with van der Waals surface area (Å²) in [4.78, 5) is 31.5. The Labute approximate surface area is 125 Å². The molecule has 0 saturated carbocycles. The molecule has 1 aromatic rings. The first-order chi connectivity index (χ1) is 9.97. The highest BCUT2D eigenvalue weighted by Crippen LogP contribution is 2.33. The van der Waals surface area contributed by atoms with Gasteiger partial charge in [-0.3, -0.25) is 19.7 Å². The number of ether oxygens (including phenoxy) is 1. The van der Waals surface area contributed by atoms with Crippen molar-refractivity contribution in [3.05, 3.63) is 32.8 Å². The van der Waals surface area contributed by atoms with Crippen LogP contribution < -0.4 is 4.74 Å². The quantitative estimate of drug-likeness (QED) is 0.325. The van der Waals surface area contributed by atoms with Gasteiger partial charge in [0.05, 0.1) is 11.5 Å². The number of carboxylic acid groups (broad SMARTS) is 1. The summed E-state index contributed by atoms with van der Waals surface area (Å²) in [6, 6.07) is 2.70. The first kappa shape index (κ1) is 16.9. The summed E-state index contributed by atoms with van der Waals surface area (Å²) in [7, 11) is 0. The molecule has 0 aliphatic carbocycles. The Morgan fingerprint density at radius 2 is 2.10 bits per heavy atom. The van der Waals surface area contributed by atoms with Crippen molar-refractivity contribution in [3.8, 4) is 5.75 Å². The fourth-order valence-electron chi connectivity index (χ4n) is 1.73. The van der Waals surface area contributed by atoms with Gasteiger partial charge < -0.3 is 9.84 Å². The number of nitro groups is 1. The Kier molecular flexibility index (Phi) is 6.61. The number of aldehydes is 1. The van der Waals surface area contributed by atoms with E-state index in [1.54, 1.807) is 0 Å². The van der Waals surface area contributed by atoms with Crippen LogP contribution in [0, 0.1) is 10.1 Å². The van der Waals surface area contributed by atoms with E-state index in [0.29, 0.717) is 25.5 Å². The Morgan fingerprint density at radius 1 is 1.38 bits per heavy atom. The maximum Gasteiger partial charge on any atom is 0.303 e. The number of hydrogen-bond donors (Lipinski definition) is 1. The topological polar surface area (TPSA) is 107 Å². The molecule has 0 aliphatic rings. The summed E-state index contributed by atoms with van der Waals surface area (Å²) in [6.45, 7) is 0.235. The SMILES string of the molecule is O=Cc1c(OCCCCCC(=O)O)ccc(Cl)c1[N+](=O)[O-]. The summed E-state index contributed by atoms with van der Waals surface area (Å²) < 4.78 is 5.34. The lowest BCUT2D eigenvalue weighted by Crippen LogP contribution is -2.03. The van der Waals surface area contributed by atoms with E-state index < -0.39 is 16.6 Å². The zero-order chi connectivity index (χ0) is 15.8. The average Bonchev–Trinajstić information content (AvgIpc) is 2.42. The molecule has 0 atom stereocenters. The van der Waals surface area contributed by atoms with Crippen molar-refractivity contribution in [2.24, 2.45) is 0 Å². The number of carboxylic acids is 1. The van der Waals surface area contributed by atoms with E-state index in [1.807, 2.05) is 0 Å². The van der Waals surface area contributed by atoms with E-state index in [-0.39, 0.29) is 29.4 Å². The molecule has 0 radical (unpaired) electrons. The monoisotopic (exact) mass is 315 g/mol. The molecule has 1 N–H and O–H groups in total. The first-order valence-electron chi connectivity index (χ1n) is 6.24. The van der Waals surface area contributed by atoms with Crippen LogP contribution in [0.4, 0.5) is 5.69 Å². The lowest BCUT2D eigenvalue weighted by molar-refractivity contribution is -0.385. The van der Waals surface area contributed by atoms with Crippen LogP contribution in [0.25, 0.3) is 0 Å². The molecule has 0 heterocycles. The van der Waals surface area contributed by atoms with Gasteiger partial charge in [-0.25, -0.2) is 0 Å². The second-order valence-electron chi connectivity index (χ2n) is 4.24. The molecule has 114 valence electrons. The van der Waals surface area contributed by atoms with Crippen molar-refractivity contribution in [2.45, 2.75) is 25.7 Å². The fraction of sp³-hybridized carbons (Fsp3) is 0.385. The number of carbonyl (C=O) groups is 2. The smallest absolute Gasteiger partial charge is 0.303 e. The van der Waals surface area contributed by atoms with Crippen LogP contribution in [0.5, 0.6) is 5.75 Å². The molecule has 7 nitrogen and oxygen atoms in total. The van der Waals surface area contributed by atoms with E-state index in [0.717, 1.165) is 0 Å². The van der Waals surface area contributed by atoms with Crippen molar-refractivity contribution in [2.75, 3.05) is 6.61 Å². The molecule has 0 amide bonds. The molecule has 1 aromatic carbocycles. The van der Waals surface area contributed by atoms with E-state index in [9.17, 15) is 19.7 Å². The van der Waals surface area contributed by atoms with Crippen LogP contribution in [-0.2, 0) is 4.79 Å². The highest BCUT2D eigenvalue weighted by Gasteiger charge is 2.22. The summed E-state index contributed by atoms with van der Waals surface area (Å²) in [5, 5.41) is 19.2. The number of nitrogens with zero attached hydrogens (tertiary/aromatic N) is 1. The third-order valence-corrected chi connectivity index (χ3v) is 3.03. The Morgan fingerprint density at radius 3 is 2.67 bits per heavy atom. The molecular weight excluding hydrogens is 302 g/mol. The van der Waals surface area contributed by atoms with Crippen molar-refractivity contribution < 1.29 is 24.4 Å². The molecule has 21 heavy (non-hydrogen) atoms. The molecule has 0 spiro atoms. The number of aliphatic carboxylic acids is 1. The van der Waals surface area contributed by atoms with Crippen molar-refractivity contribution in [1.29, 1.82) is 0 Å². The van der Waals surface area contributed by atoms with Gasteiger partial charge >= 0.3 is 11.7 Å². The molecule has 0 aliphatic heterocycles. The number of rotatable bonds is 9. The lowest BCUT2D eigenvalue weighted by atomic mass is 10.1. The van der Waals surface area contributed by atoms with Gasteiger partial charge in [-0.15, -0.1) is 0 Å². The summed E-state index contributed by atoms with van der Waals surface area (Å²) in [5.74, 6) is -0.758. The second-order valence-corrected chi connectivity index (χ2v) is 4.64. The van der Waals surface area contributed by atoms with Crippen LogP contribution in [0.1, 0.15) is 36.0 Å².